The monoisotopic (exact) mass is 255 g/mol. The van der Waals surface area contributed by atoms with Crippen molar-refractivity contribution >= 4 is 5.97 Å². The second-order valence-electron chi connectivity index (χ2n) is 5.72. The smallest absolute Gasteiger partial charge is 0.320 e. The van der Waals surface area contributed by atoms with Gasteiger partial charge in [-0.15, -0.1) is 0 Å². The van der Waals surface area contributed by atoms with E-state index in [1.165, 1.54) is 25.8 Å². The molecule has 0 amide bonds. The van der Waals surface area contributed by atoms with Crippen LogP contribution in [-0.4, -0.2) is 65.2 Å². The number of nitrogens with two attached hydrogens (primary N) is 1. The van der Waals surface area contributed by atoms with Gasteiger partial charge in [0.15, 0.2) is 0 Å². The lowest BCUT2D eigenvalue weighted by atomic mass is 9.97. The molecule has 0 aliphatic carbocycles. The van der Waals surface area contributed by atoms with Gasteiger partial charge in [-0.1, -0.05) is 6.42 Å². The van der Waals surface area contributed by atoms with Crippen LogP contribution in [0.3, 0.4) is 0 Å². The summed E-state index contributed by atoms with van der Waals surface area (Å²) < 4.78 is 0. The van der Waals surface area contributed by atoms with E-state index in [0.717, 1.165) is 19.6 Å². The van der Waals surface area contributed by atoms with Gasteiger partial charge in [-0.3, -0.25) is 14.6 Å². The van der Waals surface area contributed by atoms with Crippen molar-refractivity contribution in [2.24, 2.45) is 5.73 Å². The number of fused-ring (bicyclic) bond motifs is 1. The molecule has 0 aromatic rings. The summed E-state index contributed by atoms with van der Waals surface area (Å²) in [5.74, 6) is -0.890. The Balaban J connectivity index is 1.83. The second-order valence-corrected chi connectivity index (χ2v) is 5.72. The minimum atomic E-state index is -0.890. The lowest BCUT2D eigenvalue weighted by Crippen LogP contribution is -2.59. The van der Waals surface area contributed by atoms with Crippen LogP contribution in [-0.2, 0) is 4.79 Å². The molecule has 2 aliphatic rings. The molecule has 0 aromatic carbocycles. The number of hydrogen-bond acceptors (Lipinski definition) is 4. The Kier molecular flexibility index (Phi) is 4.59. The van der Waals surface area contributed by atoms with Crippen LogP contribution in [0.1, 0.15) is 32.6 Å². The number of rotatable bonds is 4. The number of nitrogens with zero attached hydrogens (tertiary/aromatic N) is 2. The summed E-state index contributed by atoms with van der Waals surface area (Å²) in [5.41, 5.74) is 5.57. The quantitative estimate of drug-likeness (QED) is 0.758. The maximum Gasteiger partial charge on any atom is 0.320 e. The summed E-state index contributed by atoms with van der Waals surface area (Å²) >= 11 is 0. The molecule has 0 aromatic heterocycles. The van der Waals surface area contributed by atoms with Gasteiger partial charge in [0.05, 0.1) is 0 Å². The van der Waals surface area contributed by atoms with Crippen LogP contribution in [0.15, 0.2) is 0 Å². The van der Waals surface area contributed by atoms with Crippen LogP contribution in [0.2, 0.25) is 0 Å². The number of hydrogen-bond donors (Lipinski definition) is 2. The maximum atomic E-state index is 10.7. The molecule has 5 nitrogen and oxygen atoms in total. The predicted octanol–water partition coefficient (Wildman–Crippen LogP) is 0.347. The number of aliphatic carboxylic acids is 1. The Morgan fingerprint density at radius 1 is 1.44 bits per heavy atom. The highest BCUT2D eigenvalue weighted by atomic mass is 16.4. The van der Waals surface area contributed by atoms with Crippen molar-refractivity contribution in [1.29, 1.82) is 0 Å². The largest absolute Gasteiger partial charge is 0.480 e. The molecule has 104 valence electrons. The lowest BCUT2D eigenvalue weighted by molar-refractivity contribution is -0.138. The molecule has 3 unspecified atom stereocenters. The molecule has 0 bridgehead atoms. The van der Waals surface area contributed by atoms with E-state index in [0.29, 0.717) is 18.5 Å². The highest BCUT2D eigenvalue weighted by molar-refractivity contribution is 5.72. The third-order valence-electron chi connectivity index (χ3n) is 4.36. The average molecular weight is 255 g/mol. The number of piperidine rings is 1. The second kappa shape index (κ2) is 5.99. The Bertz CT molecular complexity index is 298. The summed E-state index contributed by atoms with van der Waals surface area (Å²) in [5, 5.41) is 8.81. The van der Waals surface area contributed by atoms with Gasteiger partial charge in [-0.25, -0.2) is 0 Å². The molecule has 5 heteroatoms. The van der Waals surface area contributed by atoms with Gasteiger partial charge in [-0.2, -0.15) is 0 Å². The molecular weight excluding hydrogens is 230 g/mol. The van der Waals surface area contributed by atoms with Crippen LogP contribution in [0, 0.1) is 0 Å². The zero-order chi connectivity index (χ0) is 13.1. The van der Waals surface area contributed by atoms with E-state index in [1.54, 1.807) is 0 Å². The first-order valence-corrected chi connectivity index (χ1v) is 7.04. The fourth-order valence-electron chi connectivity index (χ4n) is 3.15. The Hall–Kier alpha value is -0.650. The minimum absolute atomic E-state index is 0.514. The molecule has 2 rings (SSSR count). The van der Waals surface area contributed by atoms with Crippen LogP contribution < -0.4 is 5.73 Å². The van der Waals surface area contributed by atoms with Gasteiger partial charge in [0, 0.05) is 31.7 Å². The molecular formula is C13H25N3O2. The van der Waals surface area contributed by atoms with Crippen molar-refractivity contribution in [3.8, 4) is 0 Å². The SMILES string of the molecule is CC1CN2CCCCC2CN1CCC(N)C(=O)O. The normalized spacial score (nSPS) is 31.9. The van der Waals surface area contributed by atoms with Crippen LogP contribution in [0.25, 0.3) is 0 Å². The lowest BCUT2D eigenvalue weighted by Gasteiger charge is -2.47. The Morgan fingerprint density at radius 3 is 2.94 bits per heavy atom. The van der Waals surface area contributed by atoms with E-state index < -0.39 is 12.0 Å². The maximum absolute atomic E-state index is 10.7. The molecule has 2 aliphatic heterocycles. The summed E-state index contributed by atoms with van der Waals surface area (Å²) in [6.45, 7) is 6.47. The molecule has 0 radical (unpaired) electrons. The number of carbonyl (C=O) groups is 1. The first-order valence-electron chi connectivity index (χ1n) is 7.04. The third-order valence-corrected chi connectivity index (χ3v) is 4.36. The van der Waals surface area contributed by atoms with E-state index in [-0.39, 0.29) is 0 Å². The fraction of sp³-hybridized carbons (Fsp3) is 0.923. The van der Waals surface area contributed by atoms with E-state index in [2.05, 4.69) is 16.7 Å². The fourth-order valence-corrected chi connectivity index (χ4v) is 3.15. The summed E-state index contributed by atoms with van der Waals surface area (Å²) in [6.07, 6.45) is 4.49. The number of carboxylic acids is 1. The van der Waals surface area contributed by atoms with Crippen LogP contribution >= 0.6 is 0 Å². The van der Waals surface area contributed by atoms with Crippen molar-refractivity contribution in [2.75, 3.05) is 26.2 Å². The molecule has 0 saturated carbocycles. The van der Waals surface area contributed by atoms with E-state index in [9.17, 15) is 4.79 Å². The summed E-state index contributed by atoms with van der Waals surface area (Å²) in [7, 11) is 0. The van der Waals surface area contributed by atoms with Gasteiger partial charge in [0.2, 0.25) is 0 Å². The molecule has 2 saturated heterocycles. The topological polar surface area (TPSA) is 69.8 Å². The first kappa shape index (κ1) is 13.8. The zero-order valence-corrected chi connectivity index (χ0v) is 11.2. The van der Waals surface area contributed by atoms with Crippen molar-refractivity contribution in [3.63, 3.8) is 0 Å². The summed E-state index contributed by atoms with van der Waals surface area (Å²) in [6, 6.07) is 0.470. The minimum Gasteiger partial charge on any atom is -0.480 e. The van der Waals surface area contributed by atoms with Crippen LogP contribution in [0.4, 0.5) is 0 Å². The molecule has 0 spiro atoms. The molecule has 3 N–H and O–H groups in total. The van der Waals surface area contributed by atoms with Gasteiger partial charge in [0.25, 0.3) is 0 Å². The Morgan fingerprint density at radius 2 is 2.22 bits per heavy atom. The Labute approximate surface area is 109 Å². The third kappa shape index (κ3) is 3.22. The molecule has 3 atom stereocenters. The van der Waals surface area contributed by atoms with E-state index >= 15 is 0 Å². The standard InChI is InChI=1S/C13H25N3O2/c1-10-8-16-6-3-2-4-11(16)9-15(10)7-5-12(14)13(17)18/h10-12H,2-9,14H2,1H3,(H,17,18). The molecule has 18 heavy (non-hydrogen) atoms. The first-order chi connectivity index (χ1) is 8.58. The van der Waals surface area contributed by atoms with E-state index in [4.69, 9.17) is 10.8 Å². The van der Waals surface area contributed by atoms with Crippen molar-refractivity contribution in [3.05, 3.63) is 0 Å². The van der Waals surface area contributed by atoms with Gasteiger partial charge in [-0.05, 0) is 32.7 Å². The van der Waals surface area contributed by atoms with Crippen molar-refractivity contribution in [2.45, 2.75) is 50.7 Å². The van der Waals surface area contributed by atoms with Crippen molar-refractivity contribution in [1.82, 2.24) is 9.80 Å². The molecule has 2 heterocycles. The van der Waals surface area contributed by atoms with Gasteiger partial charge in [0.1, 0.15) is 6.04 Å². The molecule has 2 fully saturated rings. The number of carboxylic acid groups (broad SMARTS) is 1. The average Bonchev–Trinajstić information content (AvgIpc) is 2.35. The zero-order valence-electron chi connectivity index (χ0n) is 11.2. The van der Waals surface area contributed by atoms with Gasteiger partial charge >= 0.3 is 5.97 Å². The van der Waals surface area contributed by atoms with E-state index in [1.807, 2.05) is 0 Å². The van der Waals surface area contributed by atoms with Crippen molar-refractivity contribution < 1.29 is 9.90 Å². The van der Waals surface area contributed by atoms with Crippen LogP contribution in [0.5, 0.6) is 0 Å². The predicted molar refractivity (Wildman–Crippen MR) is 70.5 cm³/mol. The highest BCUT2D eigenvalue weighted by Crippen LogP contribution is 2.24. The number of piperazine rings is 1. The van der Waals surface area contributed by atoms with Gasteiger partial charge < -0.3 is 10.8 Å². The summed E-state index contributed by atoms with van der Waals surface area (Å²) in [4.78, 5) is 15.7. The highest BCUT2D eigenvalue weighted by Gasteiger charge is 2.32.